The predicted molar refractivity (Wildman–Crippen MR) is 42.7 cm³/mol. The molecule has 0 unspecified atom stereocenters. The van der Waals surface area contributed by atoms with Crippen molar-refractivity contribution >= 4 is 16.1 Å². The number of alkyl halides is 3. The molecule has 0 bridgehead atoms. The summed E-state index contributed by atoms with van der Waals surface area (Å²) in [4.78, 5) is 3.38. The fourth-order valence-corrected chi connectivity index (χ4v) is 1.33. The largest absolute Gasteiger partial charge is 0.517 e. The zero-order chi connectivity index (χ0) is 11.0. The van der Waals surface area contributed by atoms with Gasteiger partial charge < -0.3 is 0 Å². The number of halogens is 3. The number of hydrogen-bond donors (Lipinski definition) is 0. The van der Waals surface area contributed by atoms with Gasteiger partial charge in [-0.2, -0.15) is 21.6 Å². The maximum absolute atomic E-state index is 12.0. The summed E-state index contributed by atoms with van der Waals surface area (Å²) in [6, 6.07) is 0. The molecule has 78 valence electrons. The van der Waals surface area contributed by atoms with Crippen molar-refractivity contribution < 1.29 is 21.6 Å². The van der Waals surface area contributed by atoms with E-state index >= 15 is 0 Å². The third-order valence-electron chi connectivity index (χ3n) is 1.36. The first-order valence-electron chi connectivity index (χ1n) is 3.27. The van der Waals surface area contributed by atoms with Crippen LogP contribution in [0.5, 0.6) is 0 Å². The van der Waals surface area contributed by atoms with Gasteiger partial charge in [0.2, 0.25) is 0 Å². The second-order valence-corrected chi connectivity index (χ2v) is 4.12. The summed E-state index contributed by atoms with van der Waals surface area (Å²) in [5.74, 6) is 0. The molecule has 0 amide bonds. The lowest BCUT2D eigenvalue weighted by molar-refractivity contribution is -0.0446. The second-order valence-electron chi connectivity index (χ2n) is 2.28. The lowest BCUT2D eigenvalue weighted by Crippen LogP contribution is -2.28. The highest BCUT2D eigenvalue weighted by molar-refractivity contribution is 7.90. The Morgan fingerprint density at radius 3 is 2.43 bits per heavy atom. The molecule has 14 heavy (non-hydrogen) atoms. The van der Waals surface area contributed by atoms with E-state index in [0.717, 1.165) is 12.3 Å². The van der Waals surface area contributed by atoms with E-state index in [1.165, 1.54) is 0 Å². The number of imidazole rings is 1. The first-order chi connectivity index (χ1) is 6.29. The summed E-state index contributed by atoms with van der Waals surface area (Å²) in [6.45, 7) is 3.24. The summed E-state index contributed by atoms with van der Waals surface area (Å²) < 4.78 is 57.4. The Morgan fingerprint density at radius 1 is 1.50 bits per heavy atom. The van der Waals surface area contributed by atoms with E-state index in [0.29, 0.717) is 6.33 Å². The molecule has 0 aliphatic rings. The van der Waals surface area contributed by atoms with Gasteiger partial charge in [0.25, 0.3) is 0 Å². The number of hydrogen-bond acceptors (Lipinski definition) is 3. The molecule has 0 aromatic carbocycles. The quantitative estimate of drug-likeness (QED) is 0.761. The van der Waals surface area contributed by atoms with Crippen molar-refractivity contribution in [3.05, 3.63) is 24.8 Å². The van der Waals surface area contributed by atoms with Crippen LogP contribution < -0.4 is 0 Å². The number of nitrogens with zero attached hydrogens (tertiary/aromatic N) is 2. The van der Waals surface area contributed by atoms with E-state index in [9.17, 15) is 21.6 Å². The van der Waals surface area contributed by atoms with E-state index in [4.69, 9.17) is 0 Å². The van der Waals surface area contributed by atoms with Gasteiger partial charge >= 0.3 is 15.5 Å². The third kappa shape index (κ3) is 1.65. The van der Waals surface area contributed by atoms with Gasteiger partial charge in [-0.25, -0.2) is 8.96 Å². The smallest absolute Gasteiger partial charge is 0.236 e. The van der Waals surface area contributed by atoms with Gasteiger partial charge in [-0.15, -0.1) is 0 Å². The maximum atomic E-state index is 12.0. The molecule has 0 N–H and O–H groups in total. The molecule has 0 aliphatic heterocycles. The van der Waals surface area contributed by atoms with Crippen LogP contribution in [-0.2, 0) is 10.0 Å². The van der Waals surface area contributed by atoms with Crippen molar-refractivity contribution in [1.82, 2.24) is 8.96 Å². The van der Waals surface area contributed by atoms with Crippen molar-refractivity contribution in [3.63, 3.8) is 0 Å². The van der Waals surface area contributed by atoms with Gasteiger partial charge in [-0.1, -0.05) is 6.58 Å². The van der Waals surface area contributed by atoms with Crippen LogP contribution >= 0.6 is 0 Å². The first kappa shape index (κ1) is 10.8. The predicted octanol–water partition coefficient (Wildman–Crippen LogP) is 1.22. The lowest BCUT2D eigenvalue weighted by Gasteiger charge is -2.07. The molecular weight excluding hydrogens is 221 g/mol. The molecule has 0 atom stereocenters. The molecular formula is C6H5F3N2O2S. The first-order valence-corrected chi connectivity index (χ1v) is 4.71. The molecule has 1 aromatic heterocycles. The Kier molecular flexibility index (Phi) is 2.40. The van der Waals surface area contributed by atoms with Crippen LogP contribution in [0.25, 0.3) is 6.08 Å². The Balaban J connectivity index is 3.24. The topological polar surface area (TPSA) is 52.0 Å². The zero-order valence-corrected chi connectivity index (χ0v) is 7.51. The molecule has 4 nitrogen and oxygen atoms in total. The highest BCUT2D eigenvalue weighted by Crippen LogP contribution is 2.25. The van der Waals surface area contributed by atoms with Crippen LogP contribution in [0.1, 0.15) is 5.69 Å². The van der Waals surface area contributed by atoms with Crippen LogP contribution in [-0.4, -0.2) is 22.9 Å². The molecule has 0 spiro atoms. The van der Waals surface area contributed by atoms with Crippen LogP contribution in [0.2, 0.25) is 0 Å². The van der Waals surface area contributed by atoms with Crippen molar-refractivity contribution in [3.8, 4) is 0 Å². The van der Waals surface area contributed by atoms with Gasteiger partial charge in [-0.05, 0) is 6.08 Å². The van der Waals surface area contributed by atoms with E-state index < -0.39 is 15.5 Å². The molecule has 1 rings (SSSR count). The van der Waals surface area contributed by atoms with E-state index in [2.05, 4.69) is 11.6 Å². The Bertz CT molecular complexity index is 446. The summed E-state index contributed by atoms with van der Waals surface area (Å²) >= 11 is 0. The van der Waals surface area contributed by atoms with Crippen molar-refractivity contribution in [2.75, 3.05) is 0 Å². The van der Waals surface area contributed by atoms with Crippen LogP contribution in [0.3, 0.4) is 0 Å². The minimum atomic E-state index is -5.36. The highest BCUT2D eigenvalue weighted by Gasteiger charge is 2.47. The minimum absolute atomic E-state index is 0.00398. The fourth-order valence-electron chi connectivity index (χ4n) is 0.677. The Morgan fingerprint density at radius 2 is 2.07 bits per heavy atom. The lowest BCUT2D eigenvalue weighted by atomic mass is 10.5. The minimum Gasteiger partial charge on any atom is -0.236 e. The average Bonchev–Trinajstić information content (AvgIpc) is 2.49. The summed E-state index contributed by atoms with van der Waals surface area (Å²) in [5.41, 5.74) is -5.27. The van der Waals surface area contributed by atoms with Crippen molar-refractivity contribution in [1.29, 1.82) is 0 Å². The maximum Gasteiger partial charge on any atom is 0.517 e. The summed E-state index contributed by atoms with van der Waals surface area (Å²) in [5, 5.41) is 0. The normalized spacial score (nSPS) is 12.8. The highest BCUT2D eigenvalue weighted by atomic mass is 32.2. The van der Waals surface area contributed by atoms with Crippen molar-refractivity contribution in [2.45, 2.75) is 5.51 Å². The van der Waals surface area contributed by atoms with Crippen molar-refractivity contribution in [2.24, 2.45) is 0 Å². The molecule has 0 saturated heterocycles. The van der Waals surface area contributed by atoms with Gasteiger partial charge in [0.15, 0.2) is 0 Å². The molecule has 1 heterocycles. The summed E-state index contributed by atoms with van der Waals surface area (Å²) in [6.07, 6.45) is 2.44. The van der Waals surface area contributed by atoms with Crippen LogP contribution in [0.4, 0.5) is 13.2 Å². The fraction of sp³-hybridized carbons (Fsp3) is 0.167. The Hall–Kier alpha value is -1.31. The van der Waals surface area contributed by atoms with E-state index in [1.807, 2.05) is 0 Å². The van der Waals surface area contributed by atoms with Gasteiger partial charge in [0, 0.05) is 6.20 Å². The second kappa shape index (κ2) is 3.12. The molecule has 0 radical (unpaired) electrons. The van der Waals surface area contributed by atoms with Gasteiger partial charge in [0.1, 0.15) is 6.33 Å². The molecule has 0 saturated carbocycles. The number of rotatable bonds is 2. The van der Waals surface area contributed by atoms with E-state index in [-0.39, 0.29) is 9.67 Å². The van der Waals surface area contributed by atoms with Gasteiger partial charge in [0.05, 0.1) is 5.69 Å². The molecule has 1 aromatic rings. The summed E-state index contributed by atoms with van der Waals surface area (Å²) in [7, 11) is -5.36. The van der Waals surface area contributed by atoms with Gasteiger partial charge in [-0.3, -0.25) is 0 Å². The molecule has 0 aliphatic carbocycles. The monoisotopic (exact) mass is 226 g/mol. The van der Waals surface area contributed by atoms with Crippen LogP contribution in [0.15, 0.2) is 19.1 Å². The van der Waals surface area contributed by atoms with E-state index in [1.54, 1.807) is 0 Å². The Labute approximate surface area is 77.7 Å². The third-order valence-corrected chi connectivity index (χ3v) is 2.70. The average molecular weight is 226 g/mol. The standard InChI is InChI=1S/C6H5F3N2O2S/c1-2-5-3-11(4-10-5)14(12,13)6(7,8)9/h2-4H,1H2. The molecule has 0 fully saturated rings. The zero-order valence-electron chi connectivity index (χ0n) is 6.69. The SMILES string of the molecule is C=Cc1cn(S(=O)(=O)C(F)(F)F)cn1. The van der Waals surface area contributed by atoms with Crippen LogP contribution in [0, 0.1) is 0 Å². The molecule has 8 heteroatoms. The number of aromatic nitrogens is 2.